The second-order valence-corrected chi connectivity index (χ2v) is 2.63. The molecule has 0 bridgehead atoms. The van der Waals surface area contributed by atoms with Crippen molar-refractivity contribution in [2.45, 2.75) is 20.8 Å². The lowest BCUT2D eigenvalue weighted by Gasteiger charge is -1.77. The van der Waals surface area contributed by atoms with Crippen LogP contribution in [0.3, 0.4) is 0 Å². The summed E-state index contributed by atoms with van der Waals surface area (Å²) in [7, 11) is 0. The minimum atomic E-state index is 0.496. The smallest absolute Gasteiger partial charge is 0.216 e. The molecule has 0 saturated heterocycles. The molecule has 6 nitrogen and oxygen atoms in total. The third-order valence-electron chi connectivity index (χ3n) is 1.06. The van der Waals surface area contributed by atoms with Gasteiger partial charge >= 0.3 is 0 Å². The molecule has 2 rings (SSSR count). The molecular formula is C6H10N6S. The van der Waals surface area contributed by atoms with E-state index in [1.807, 2.05) is 20.8 Å². The fraction of sp³-hybridized carbons (Fsp3) is 0.500. The molecule has 7 heteroatoms. The van der Waals surface area contributed by atoms with Crippen LogP contribution >= 0.6 is 11.5 Å². The van der Waals surface area contributed by atoms with Gasteiger partial charge in [0.05, 0.1) is 0 Å². The Labute approximate surface area is 79.6 Å². The van der Waals surface area contributed by atoms with Gasteiger partial charge in [-0.15, -0.1) is 10.2 Å². The molecule has 0 fully saturated rings. The first-order valence-corrected chi connectivity index (χ1v) is 4.68. The van der Waals surface area contributed by atoms with Gasteiger partial charge in [0.2, 0.25) is 5.82 Å². The molecule has 0 radical (unpaired) electrons. The zero-order chi connectivity index (χ0) is 9.68. The van der Waals surface area contributed by atoms with Crippen LogP contribution in [0.5, 0.6) is 0 Å². The highest BCUT2D eigenvalue weighted by atomic mass is 32.1. The largest absolute Gasteiger partial charge is 0.234 e. The average Bonchev–Trinajstić information content (AvgIpc) is 2.77. The Morgan fingerprint density at radius 3 is 2.54 bits per heavy atom. The highest BCUT2D eigenvalue weighted by molar-refractivity contribution is 7.09. The molecule has 0 aliphatic rings. The van der Waals surface area contributed by atoms with Crippen molar-refractivity contribution in [3.8, 4) is 10.8 Å². The second kappa shape index (κ2) is 4.61. The number of hydrogen-bond acceptors (Lipinski definition) is 6. The Morgan fingerprint density at radius 2 is 2.08 bits per heavy atom. The number of rotatable bonds is 1. The molecule has 2 aromatic heterocycles. The molecule has 0 spiro atoms. The summed E-state index contributed by atoms with van der Waals surface area (Å²) in [5.41, 5.74) is 0. The van der Waals surface area contributed by atoms with Gasteiger partial charge in [0.25, 0.3) is 0 Å². The van der Waals surface area contributed by atoms with Gasteiger partial charge in [-0.05, 0) is 23.7 Å². The van der Waals surface area contributed by atoms with E-state index in [1.165, 1.54) is 11.5 Å². The minimum Gasteiger partial charge on any atom is -0.216 e. The molecule has 2 aromatic rings. The molecule has 2 heterocycles. The first kappa shape index (κ1) is 9.72. The van der Waals surface area contributed by atoms with Crippen LogP contribution in [0.25, 0.3) is 10.8 Å². The van der Waals surface area contributed by atoms with Crippen molar-refractivity contribution in [2.75, 3.05) is 0 Å². The molecule has 0 unspecified atom stereocenters. The summed E-state index contributed by atoms with van der Waals surface area (Å²) >= 11 is 1.26. The van der Waals surface area contributed by atoms with Crippen LogP contribution in [-0.4, -0.2) is 30.0 Å². The standard InChI is InChI=1S/C4H4N6S.C2H6/c1-2-5-4(11-8-2)3-6-9-10-7-3;1-2/h1H3,(H,6,7,9,10);1-2H3. The number of hydrogen-bond donors (Lipinski definition) is 1. The van der Waals surface area contributed by atoms with Crippen LogP contribution in [0.1, 0.15) is 19.7 Å². The predicted molar refractivity (Wildman–Crippen MR) is 49.2 cm³/mol. The number of nitrogens with one attached hydrogen (secondary N) is 1. The van der Waals surface area contributed by atoms with Crippen LogP contribution < -0.4 is 0 Å². The average molecular weight is 198 g/mol. The van der Waals surface area contributed by atoms with Gasteiger partial charge in [-0.25, -0.2) is 4.98 Å². The van der Waals surface area contributed by atoms with E-state index in [0.717, 1.165) is 5.82 Å². The fourth-order valence-corrected chi connectivity index (χ4v) is 1.24. The summed E-state index contributed by atoms with van der Waals surface area (Å²) in [6.07, 6.45) is 0. The van der Waals surface area contributed by atoms with E-state index < -0.39 is 0 Å². The van der Waals surface area contributed by atoms with Gasteiger partial charge in [0, 0.05) is 0 Å². The Kier molecular flexibility index (Phi) is 3.44. The Morgan fingerprint density at radius 1 is 1.31 bits per heavy atom. The van der Waals surface area contributed by atoms with Crippen LogP contribution in [0.15, 0.2) is 0 Å². The van der Waals surface area contributed by atoms with E-state index in [1.54, 1.807) is 0 Å². The maximum Gasteiger partial charge on any atom is 0.234 e. The van der Waals surface area contributed by atoms with Crippen molar-refractivity contribution in [2.24, 2.45) is 0 Å². The van der Waals surface area contributed by atoms with Crippen LogP contribution in [0.4, 0.5) is 0 Å². The predicted octanol–water partition coefficient (Wildman–Crippen LogP) is 1.05. The lowest BCUT2D eigenvalue weighted by molar-refractivity contribution is 0.881. The zero-order valence-electron chi connectivity index (χ0n) is 7.64. The van der Waals surface area contributed by atoms with E-state index >= 15 is 0 Å². The van der Waals surface area contributed by atoms with Crippen molar-refractivity contribution >= 4 is 11.5 Å². The summed E-state index contributed by atoms with van der Waals surface area (Å²) < 4.78 is 3.98. The number of H-pyrrole nitrogens is 1. The summed E-state index contributed by atoms with van der Waals surface area (Å²) in [4.78, 5) is 4.08. The summed E-state index contributed by atoms with van der Waals surface area (Å²) in [5.74, 6) is 1.23. The minimum absolute atomic E-state index is 0.496. The molecule has 13 heavy (non-hydrogen) atoms. The SMILES string of the molecule is CC.Cc1nsc(-c2nn[nH]n2)n1. The number of aryl methyl sites for hydroxylation is 1. The van der Waals surface area contributed by atoms with Crippen LogP contribution in [0.2, 0.25) is 0 Å². The second-order valence-electron chi connectivity index (χ2n) is 1.88. The third-order valence-corrected chi connectivity index (χ3v) is 1.87. The molecule has 1 N–H and O–H groups in total. The summed E-state index contributed by atoms with van der Waals surface area (Å²) in [5, 5.41) is 14.0. The van der Waals surface area contributed by atoms with Gasteiger partial charge < -0.3 is 0 Å². The normalized spacial score (nSPS) is 9.15. The van der Waals surface area contributed by atoms with Crippen molar-refractivity contribution in [3.63, 3.8) is 0 Å². The molecule has 0 atom stereocenters. The highest BCUT2D eigenvalue weighted by Crippen LogP contribution is 2.14. The lowest BCUT2D eigenvalue weighted by atomic mass is 10.6. The molecule has 0 aliphatic heterocycles. The van der Waals surface area contributed by atoms with Gasteiger partial charge in [-0.3, -0.25) is 0 Å². The summed E-state index contributed by atoms with van der Waals surface area (Å²) in [6.45, 7) is 5.82. The lowest BCUT2D eigenvalue weighted by Crippen LogP contribution is -1.79. The highest BCUT2D eigenvalue weighted by Gasteiger charge is 2.06. The van der Waals surface area contributed by atoms with E-state index in [0.29, 0.717) is 10.8 Å². The Bertz CT molecular complexity index is 340. The monoisotopic (exact) mass is 198 g/mol. The number of aromatic amines is 1. The van der Waals surface area contributed by atoms with Crippen molar-refractivity contribution < 1.29 is 0 Å². The molecule has 0 amide bonds. The van der Waals surface area contributed by atoms with Gasteiger partial charge in [-0.2, -0.15) is 9.59 Å². The van der Waals surface area contributed by atoms with Crippen molar-refractivity contribution in [1.29, 1.82) is 0 Å². The molecular weight excluding hydrogens is 188 g/mol. The first-order valence-electron chi connectivity index (χ1n) is 3.90. The molecule has 0 saturated carbocycles. The van der Waals surface area contributed by atoms with Gasteiger partial charge in [0.1, 0.15) is 5.82 Å². The van der Waals surface area contributed by atoms with Crippen LogP contribution in [-0.2, 0) is 0 Å². The number of tetrazole rings is 1. The van der Waals surface area contributed by atoms with E-state index in [-0.39, 0.29) is 0 Å². The van der Waals surface area contributed by atoms with Crippen LogP contribution in [0, 0.1) is 6.92 Å². The van der Waals surface area contributed by atoms with Crippen molar-refractivity contribution in [1.82, 2.24) is 30.0 Å². The Balaban J connectivity index is 0.000000396. The van der Waals surface area contributed by atoms with E-state index in [9.17, 15) is 0 Å². The van der Waals surface area contributed by atoms with E-state index in [2.05, 4.69) is 30.0 Å². The number of aromatic nitrogens is 6. The topological polar surface area (TPSA) is 80.2 Å². The zero-order valence-corrected chi connectivity index (χ0v) is 8.46. The van der Waals surface area contributed by atoms with Gasteiger partial charge in [-0.1, -0.05) is 13.8 Å². The number of nitrogens with zero attached hydrogens (tertiary/aromatic N) is 5. The molecule has 0 aromatic carbocycles. The summed E-state index contributed by atoms with van der Waals surface area (Å²) in [6, 6.07) is 0. The molecule has 70 valence electrons. The van der Waals surface area contributed by atoms with Gasteiger partial charge in [0.15, 0.2) is 5.01 Å². The van der Waals surface area contributed by atoms with E-state index in [4.69, 9.17) is 0 Å². The first-order chi connectivity index (χ1) is 6.36. The molecule has 0 aliphatic carbocycles. The Hall–Kier alpha value is -1.37. The van der Waals surface area contributed by atoms with Crippen molar-refractivity contribution in [3.05, 3.63) is 5.82 Å². The fourth-order valence-electron chi connectivity index (χ4n) is 0.640. The maximum atomic E-state index is 4.08. The third kappa shape index (κ3) is 2.28. The quantitative estimate of drug-likeness (QED) is 0.740. The maximum absolute atomic E-state index is 4.08.